The molecule has 0 saturated carbocycles. The van der Waals surface area contributed by atoms with Gasteiger partial charge in [-0.05, 0) is 6.92 Å². The number of hydrogen-bond acceptors (Lipinski definition) is 12. The highest BCUT2D eigenvalue weighted by Crippen LogP contribution is 2.35. The molecule has 1 aliphatic rings. The predicted molar refractivity (Wildman–Crippen MR) is 96.5 cm³/mol. The molecule has 170 valence electrons. The fraction of sp³-hybridized carbons (Fsp3) is 0.588. The Kier molecular flexibility index (Phi) is 7.63. The molecule has 0 aromatic carbocycles. The molecule has 1 aromatic rings. The molecule has 14 nitrogen and oxygen atoms in total. The van der Waals surface area contributed by atoms with E-state index >= 15 is 0 Å². The summed E-state index contributed by atoms with van der Waals surface area (Å²) in [5, 5.41) is 15.2. The summed E-state index contributed by atoms with van der Waals surface area (Å²) in [6.45, 7) is 4.46. The lowest BCUT2D eigenvalue weighted by molar-refractivity contribution is -0.385. The van der Waals surface area contributed by atoms with Crippen molar-refractivity contribution in [2.45, 2.75) is 52.2 Å². The summed E-state index contributed by atoms with van der Waals surface area (Å²) in [5.74, 6) is -3.19. The number of esters is 4. The second kappa shape index (κ2) is 9.97. The summed E-state index contributed by atoms with van der Waals surface area (Å²) in [6, 6.07) is 0. The molecule has 1 aromatic heterocycles. The van der Waals surface area contributed by atoms with Crippen molar-refractivity contribution in [2.75, 3.05) is 13.2 Å². The number of rotatable bonds is 8. The fourth-order valence-electron chi connectivity index (χ4n) is 2.90. The molecule has 2 heterocycles. The highest BCUT2D eigenvalue weighted by atomic mass is 16.7. The van der Waals surface area contributed by atoms with E-state index in [0.29, 0.717) is 0 Å². The summed E-state index contributed by atoms with van der Waals surface area (Å²) < 4.78 is 26.7. The lowest BCUT2D eigenvalue weighted by atomic mass is 10.1. The van der Waals surface area contributed by atoms with Gasteiger partial charge < -0.3 is 23.7 Å². The van der Waals surface area contributed by atoms with E-state index in [1.165, 1.54) is 6.92 Å². The first-order valence-electron chi connectivity index (χ1n) is 9.09. The van der Waals surface area contributed by atoms with Crippen LogP contribution >= 0.6 is 0 Å². The molecule has 4 atom stereocenters. The molecule has 1 aliphatic heterocycles. The van der Waals surface area contributed by atoms with Crippen LogP contribution in [0.1, 0.15) is 44.4 Å². The number of carbonyl (C=O) groups excluding carboxylic acids is 4. The Hall–Kier alpha value is -3.55. The minimum Gasteiger partial charge on any atom is -0.463 e. The van der Waals surface area contributed by atoms with Crippen LogP contribution in [0.3, 0.4) is 0 Å². The first kappa shape index (κ1) is 23.7. The van der Waals surface area contributed by atoms with Crippen molar-refractivity contribution >= 4 is 29.6 Å². The first-order valence-corrected chi connectivity index (χ1v) is 9.09. The van der Waals surface area contributed by atoms with Gasteiger partial charge in [0.1, 0.15) is 18.9 Å². The van der Waals surface area contributed by atoms with Crippen molar-refractivity contribution in [1.82, 2.24) is 9.78 Å². The average molecular weight is 443 g/mol. The molecule has 0 amide bonds. The average Bonchev–Trinajstić information content (AvgIpc) is 3.22. The Morgan fingerprint density at radius 1 is 1.10 bits per heavy atom. The van der Waals surface area contributed by atoms with Crippen molar-refractivity contribution in [3.8, 4) is 0 Å². The topological polar surface area (TPSA) is 175 Å². The van der Waals surface area contributed by atoms with Crippen molar-refractivity contribution < 1.29 is 47.8 Å². The smallest absolute Gasteiger partial charge is 0.366 e. The highest BCUT2D eigenvalue weighted by Gasteiger charge is 2.51. The molecule has 31 heavy (non-hydrogen) atoms. The van der Waals surface area contributed by atoms with E-state index in [2.05, 4.69) is 5.10 Å². The molecule has 1 saturated heterocycles. The van der Waals surface area contributed by atoms with E-state index in [1.54, 1.807) is 0 Å². The molecule has 0 bridgehead atoms. The van der Waals surface area contributed by atoms with Crippen LogP contribution in [-0.2, 0) is 38.1 Å². The van der Waals surface area contributed by atoms with Crippen LogP contribution in [0.15, 0.2) is 6.20 Å². The predicted octanol–water partition coefficient (Wildman–Crippen LogP) is 0.292. The molecular formula is C17H21N3O11. The van der Waals surface area contributed by atoms with E-state index in [1.807, 2.05) is 0 Å². The lowest BCUT2D eigenvalue weighted by Gasteiger charge is -2.23. The molecule has 14 heteroatoms. The number of nitrogens with zero attached hydrogens (tertiary/aromatic N) is 3. The lowest BCUT2D eigenvalue weighted by Crippen LogP contribution is -2.40. The van der Waals surface area contributed by atoms with Gasteiger partial charge in [-0.3, -0.25) is 24.5 Å². The largest absolute Gasteiger partial charge is 0.463 e. The Bertz CT molecular complexity index is 881. The number of hydrogen-bond donors (Lipinski definition) is 0. The van der Waals surface area contributed by atoms with Crippen LogP contribution < -0.4 is 0 Å². The maximum atomic E-state index is 12.1. The minimum absolute atomic E-state index is 0.0438. The van der Waals surface area contributed by atoms with E-state index in [-0.39, 0.29) is 13.2 Å². The van der Waals surface area contributed by atoms with Gasteiger partial charge in [-0.2, -0.15) is 5.10 Å². The first-order chi connectivity index (χ1) is 14.5. The third-order valence-electron chi connectivity index (χ3n) is 3.98. The van der Waals surface area contributed by atoms with Crippen LogP contribution in [0.5, 0.6) is 0 Å². The summed E-state index contributed by atoms with van der Waals surface area (Å²) in [5.41, 5.74) is -1.26. The van der Waals surface area contributed by atoms with Gasteiger partial charge in [0.25, 0.3) is 0 Å². The molecule has 0 aliphatic carbocycles. The zero-order valence-corrected chi connectivity index (χ0v) is 17.1. The van der Waals surface area contributed by atoms with Crippen molar-refractivity contribution in [1.29, 1.82) is 0 Å². The molecular weight excluding hydrogens is 422 g/mol. The van der Waals surface area contributed by atoms with E-state index in [0.717, 1.165) is 31.6 Å². The van der Waals surface area contributed by atoms with E-state index < -0.39 is 64.7 Å². The number of aromatic nitrogens is 2. The van der Waals surface area contributed by atoms with Crippen molar-refractivity contribution in [3.63, 3.8) is 0 Å². The van der Waals surface area contributed by atoms with Gasteiger partial charge in [-0.25, -0.2) is 9.48 Å². The minimum atomic E-state index is -1.34. The second-order valence-electron chi connectivity index (χ2n) is 6.34. The summed E-state index contributed by atoms with van der Waals surface area (Å²) >= 11 is 0. The molecule has 0 radical (unpaired) electrons. The van der Waals surface area contributed by atoms with Crippen LogP contribution in [0.2, 0.25) is 0 Å². The van der Waals surface area contributed by atoms with E-state index in [4.69, 9.17) is 23.7 Å². The Morgan fingerprint density at radius 3 is 2.23 bits per heavy atom. The zero-order chi connectivity index (χ0) is 23.3. The molecule has 2 rings (SSSR count). The summed E-state index contributed by atoms with van der Waals surface area (Å²) in [4.78, 5) is 57.0. The third kappa shape index (κ3) is 5.75. The van der Waals surface area contributed by atoms with E-state index in [9.17, 15) is 29.3 Å². The zero-order valence-electron chi connectivity index (χ0n) is 17.1. The van der Waals surface area contributed by atoms with Gasteiger partial charge in [-0.15, -0.1) is 0 Å². The second-order valence-corrected chi connectivity index (χ2v) is 6.34. The normalized spacial score (nSPS) is 22.5. The monoisotopic (exact) mass is 443 g/mol. The highest BCUT2D eigenvalue weighted by molar-refractivity contribution is 5.91. The van der Waals surface area contributed by atoms with Crippen LogP contribution in [-0.4, -0.2) is 70.1 Å². The quantitative estimate of drug-likeness (QED) is 0.233. The number of ether oxygens (including phenoxy) is 5. The fourth-order valence-corrected chi connectivity index (χ4v) is 2.90. The molecule has 0 N–H and O–H groups in total. The molecule has 0 spiro atoms. The third-order valence-corrected chi connectivity index (χ3v) is 3.98. The Labute approximate surface area is 175 Å². The standard InChI is InChI=1S/C17H21N3O11/c1-5-27-17(24)13-11(20(25)26)6-19(18-13)16-15(30-10(4)23)14(29-9(3)22)12(31-16)7-28-8(2)21/h6,12,14-16H,5,7H2,1-4H3/t12-,14-,15-,16-/m1/s1. The van der Waals surface area contributed by atoms with Gasteiger partial charge in [0.05, 0.1) is 11.5 Å². The maximum Gasteiger partial charge on any atom is 0.366 e. The van der Waals surface area contributed by atoms with Gasteiger partial charge in [0, 0.05) is 20.8 Å². The SMILES string of the molecule is CCOC(=O)c1nn([C@@H]2O[C@H](COC(C)=O)[C@@H](OC(C)=O)[C@H]2OC(C)=O)cc1[N+](=O)[O-]. The van der Waals surface area contributed by atoms with Crippen LogP contribution in [0.25, 0.3) is 0 Å². The van der Waals surface area contributed by atoms with Crippen LogP contribution in [0.4, 0.5) is 5.69 Å². The van der Waals surface area contributed by atoms with Gasteiger partial charge in [0.2, 0.25) is 5.69 Å². The Balaban J connectivity index is 2.48. The summed E-state index contributed by atoms with van der Waals surface area (Å²) in [7, 11) is 0. The maximum absolute atomic E-state index is 12.1. The van der Waals surface area contributed by atoms with Crippen molar-refractivity contribution in [2.24, 2.45) is 0 Å². The van der Waals surface area contributed by atoms with Gasteiger partial charge in [-0.1, -0.05) is 0 Å². The Morgan fingerprint density at radius 2 is 1.71 bits per heavy atom. The van der Waals surface area contributed by atoms with Crippen LogP contribution in [0, 0.1) is 10.1 Å². The number of nitro groups is 1. The van der Waals surface area contributed by atoms with Gasteiger partial charge in [0.15, 0.2) is 18.4 Å². The van der Waals surface area contributed by atoms with Gasteiger partial charge >= 0.3 is 29.6 Å². The molecule has 1 fully saturated rings. The summed E-state index contributed by atoms with van der Waals surface area (Å²) in [6.07, 6.45) is -4.06. The number of carbonyl (C=O) groups is 4. The molecule has 0 unspecified atom stereocenters. The van der Waals surface area contributed by atoms with Crippen molar-refractivity contribution in [3.05, 3.63) is 22.0 Å².